The molecule has 0 saturated heterocycles. The number of nitrogens with one attached hydrogen (secondary N) is 1. The van der Waals surface area contributed by atoms with Crippen LogP contribution in [0.15, 0.2) is 58.8 Å². The van der Waals surface area contributed by atoms with Gasteiger partial charge in [-0.15, -0.1) is 12.6 Å². The molecule has 0 fully saturated rings. The van der Waals surface area contributed by atoms with Gasteiger partial charge in [-0.1, -0.05) is 24.8 Å². The van der Waals surface area contributed by atoms with Gasteiger partial charge in [-0.05, 0) is 24.6 Å². The first kappa shape index (κ1) is 19.3. The van der Waals surface area contributed by atoms with Gasteiger partial charge in [-0.2, -0.15) is 5.26 Å². The Morgan fingerprint density at radius 2 is 2.00 bits per heavy atom. The lowest BCUT2D eigenvalue weighted by Crippen LogP contribution is -2.28. The molecule has 1 aliphatic heterocycles. The van der Waals surface area contributed by atoms with E-state index in [2.05, 4.69) is 35.3 Å². The van der Waals surface area contributed by atoms with E-state index in [-0.39, 0.29) is 12.2 Å². The Morgan fingerprint density at radius 3 is 2.54 bits per heavy atom. The molecular formula is C19H18N2O4S. The number of dihydropyridines is 1. The Balaban J connectivity index is 2.52. The Hall–Kier alpha value is -2.98. The van der Waals surface area contributed by atoms with Gasteiger partial charge in [0.2, 0.25) is 0 Å². The number of allylic oxidation sites excluding steroid dienone is 2. The third-order valence-corrected chi connectivity index (χ3v) is 4.23. The van der Waals surface area contributed by atoms with Crippen molar-refractivity contribution < 1.29 is 19.1 Å². The van der Waals surface area contributed by atoms with E-state index in [1.807, 2.05) is 0 Å². The van der Waals surface area contributed by atoms with Gasteiger partial charge in [-0.25, -0.2) is 9.59 Å². The summed E-state index contributed by atoms with van der Waals surface area (Å²) < 4.78 is 9.86. The summed E-state index contributed by atoms with van der Waals surface area (Å²) in [4.78, 5) is 24.2. The van der Waals surface area contributed by atoms with Crippen LogP contribution in [0.1, 0.15) is 28.8 Å². The maximum atomic E-state index is 12.5. The predicted molar refractivity (Wildman–Crippen MR) is 99.1 cm³/mol. The molecule has 1 aliphatic rings. The molecule has 0 bridgehead atoms. The van der Waals surface area contributed by atoms with Crippen LogP contribution >= 0.6 is 12.6 Å². The quantitative estimate of drug-likeness (QED) is 0.471. The molecule has 6 nitrogen and oxygen atoms in total. The van der Waals surface area contributed by atoms with Crippen LogP contribution in [0.5, 0.6) is 0 Å². The first-order valence-corrected chi connectivity index (χ1v) is 8.16. The third kappa shape index (κ3) is 3.81. The summed E-state index contributed by atoms with van der Waals surface area (Å²) in [7, 11) is 1.30. The molecular weight excluding hydrogens is 352 g/mol. The number of nitriles is 1. The summed E-state index contributed by atoms with van der Waals surface area (Å²) >= 11 is 4.32. The summed E-state index contributed by atoms with van der Waals surface area (Å²) in [5.74, 6) is -1.67. The number of esters is 2. The van der Waals surface area contributed by atoms with Crippen LogP contribution in [0, 0.1) is 11.3 Å². The number of hydrogen-bond acceptors (Lipinski definition) is 7. The zero-order valence-corrected chi connectivity index (χ0v) is 15.3. The molecule has 1 atom stereocenters. The summed E-state index contributed by atoms with van der Waals surface area (Å²) in [6.45, 7) is 5.30. The van der Waals surface area contributed by atoms with E-state index in [1.165, 1.54) is 13.2 Å². The lowest BCUT2D eigenvalue weighted by atomic mass is 9.82. The average molecular weight is 370 g/mol. The van der Waals surface area contributed by atoms with Crippen LogP contribution in [0.2, 0.25) is 0 Å². The van der Waals surface area contributed by atoms with Crippen LogP contribution in [0.3, 0.4) is 0 Å². The van der Waals surface area contributed by atoms with Crippen molar-refractivity contribution in [2.45, 2.75) is 12.8 Å². The maximum absolute atomic E-state index is 12.5. The second kappa shape index (κ2) is 8.41. The molecule has 0 aromatic heterocycles. The Morgan fingerprint density at radius 1 is 1.35 bits per heavy atom. The summed E-state index contributed by atoms with van der Waals surface area (Å²) in [6, 6.07) is 8.61. The Kier molecular flexibility index (Phi) is 6.26. The van der Waals surface area contributed by atoms with Crippen molar-refractivity contribution in [3.8, 4) is 6.07 Å². The first-order valence-electron chi connectivity index (χ1n) is 7.71. The molecule has 1 aromatic rings. The smallest absolute Gasteiger partial charge is 0.337 e. The van der Waals surface area contributed by atoms with Crippen molar-refractivity contribution in [1.29, 1.82) is 5.26 Å². The highest BCUT2D eigenvalue weighted by atomic mass is 32.1. The molecule has 1 heterocycles. The molecule has 1 N–H and O–H groups in total. The van der Waals surface area contributed by atoms with Gasteiger partial charge in [0, 0.05) is 5.70 Å². The normalized spacial score (nSPS) is 16.5. The standard InChI is InChI=1S/C19H18N2O4S/c1-4-9-25-19(23)15-11(2)21-17(26)14(10-20)16(15)12-5-7-13(8-6-12)18(22)24-3/h4-8,16,21,26H,1,9H2,2-3H3/t16-/m0/s1. The van der Waals surface area contributed by atoms with Gasteiger partial charge in [0.25, 0.3) is 0 Å². The number of methoxy groups -OCH3 is 1. The van der Waals surface area contributed by atoms with Gasteiger partial charge >= 0.3 is 11.9 Å². The van der Waals surface area contributed by atoms with Gasteiger partial charge in [0.15, 0.2) is 0 Å². The highest BCUT2D eigenvalue weighted by Gasteiger charge is 2.34. The highest BCUT2D eigenvalue weighted by molar-refractivity contribution is 7.84. The molecule has 0 amide bonds. The SMILES string of the molecule is C=CCOC(=O)C1=C(C)NC(S)=C(C#N)[C@@H]1c1ccc(C(=O)OC)cc1. The number of rotatable bonds is 5. The number of hydrogen-bond donors (Lipinski definition) is 2. The van der Waals surface area contributed by atoms with Crippen molar-refractivity contribution in [3.05, 3.63) is 69.9 Å². The van der Waals surface area contributed by atoms with E-state index >= 15 is 0 Å². The first-order chi connectivity index (χ1) is 12.4. The van der Waals surface area contributed by atoms with Crippen molar-refractivity contribution in [1.82, 2.24) is 5.32 Å². The van der Waals surface area contributed by atoms with E-state index in [1.54, 1.807) is 31.2 Å². The molecule has 26 heavy (non-hydrogen) atoms. The minimum absolute atomic E-state index is 0.0585. The van der Waals surface area contributed by atoms with Crippen LogP contribution < -0.4 is 5.32 Å². The molecule has 0 saturated carbocycles. The largest absolute Gasteiger partial charge is 0.465 e. The maximum Gasteiger partial charge on any atom is 0.337 e. The molecule has 0 spiro atoms. The minimum Gasteiger partial charge on any atom is -0.465 e. The Labute approximate surface area is 157 Å². The van der Waals surface area contributed by atoms with Crippen molar-refractivity contribution in [3.63, 3.8) is 0 Å². The van der Waals surface area contributed by atoms with Gasteiger partial charge in [0.05, 0.1) is 40.8 Å². The lowest BCUT2D eigenvalue weighted by molar-refractivity contribution is -0.138. The number of thiol groups is 1. The lowest BCUT2D eigenvalue weighted by Gasteiger charge is -2.28. The van der Waals surface area contributed by atoms with E-state index < -0.39 is 17.9 Å². The van der Waals surface area contributed by atoms with Crippen LogP contribution in [-0.4, -0.2) is 25.7 Å². The van der Waals surface area contributed by atoms with E-state index in [4.69, 9.17) is 4.74 Å². The number of carbonyl (C=O) groups is 2. The van der Waals surface area contributed by atoms with Crippen molar-refractivity contribution in [2.75, 3.05) is 13.7 Å². The van der Waals surface area contributed by atoms with Crippen molar-refractivity contribution >= 4 is 24.6 Å². The summed E-state index contributed by atoms with van der Waals surface area (Å²) in [6.07, 6.45) is 1.47. The predicted octanol–water partition coefficient (Wildman–Crippen LogP) is 2.83. The zero-order valence-electron chi connectivity index (χ0n) is 14.4. The fourth-order valence-corrected chi connectivity index (χ4v) is 3.02. The fraction of sp³-hybridized carbons (Fsp3) is 0.211. The van der Waals surface area contributed by atoms with Gasteiger partial charge in [0.1, 0.15) is 6.61 Å². The van der Waals surface area contributed by atoms with Crippen LogP contribution in [0.4, 0.5) is 0 Å². The monoisotopic (exact) mass is 370 g/mol. The number of carbonyl (C=O) groups excluding carboxylic acids is 2. The molecule has 7 heteroatoms. The summed E-state index contributed by atoms with van der Waals surface area (Å²) in [5, 5.41) is 12.9. The number of benzene rings is 1. The third-order valence-electron chi connectivity index (χ3n) is 3.88. The van der Waals surface area contributed by atoms with Crippen LogP contribution in [-0.2, 0) is 14.3 Å². The van der Waals surface area contributed by atoms with E-state index in [0.29, 0.717) is 27.4 Å². The average Bonchev–Trinajstić information content (AvgIpc) is 2.65. The van der Waals surface area contributed by atoms with Crippen molar-refractivity contribution in [2.24, 2.45) is 0 Å². The molecule has 0 aliphatic carbocycles. The van der Waals surface area contributed by atoms with Gasteiger partial charge < -0.3 is 14.8 Å². The summed E-state index contributed by atoms with van der Waals surface area (Å²) in [5.41, 5.74) is 2.18. The Bertz CT molecular complexity index is 847. The highest BCUT2D eigenvalue weighted by Crippen LogP contribution is 2.39. The topological polar surface area (TPSA) is 88.4 Å². The molecule has 0 unspecified atom stereocenters. The zero-order chi connectivity index (χ0) is 19.3. The molecule has 1 aromatic carbocycles. The molecule has 134 valence electrons. The number of nitrogens with zero attached hydrogens (tertiary/aromatic N) is 1. The molecule has 0 radical (unpaired) electrons. The number of ether oxygens (including phenoxy) is 2. The second-order valence-electron chi connectivity index (χ2n) is 5.47. The molecule has 2 rings (SSSR count). The van der Waals surface area contributed by atoms with Crippen LogP contribution in [0.25, 0.3) is 0 Å². The van der Waals surface area contributed by atoms with E-state index in [9.17, 15) is 14.9 Å². The second-order valence-corrected chi connectivity index (χ2v) is 5.92. The fourth-order valence-electron chi connectivity index (χ4n) is 2.67. The van der Waals surface area contributed by atoms with E-state index in [0.717, 1.165) is 0 Å². The minimum atomic E-state index is -0.655. The van der Waals surface area contributed by atoms with Gasteiger partial charge in [-0.3, -0.25) is 0 Å².